The van der Waals surface area contributed by atoms with E-state index in [1.165, 1.54) is 31.4 Å². The molecule has 5 heteroatoms. The van der Waals surface area contributed by atoms with E-state index in [1.54, 1.807) is 6.20 Å². The Kier molecular flexibility index (Phi) is 5.94. The van der Waals surface area contributed by atoms with Gasteiger partial charge in [-0.15, -0.1) is 0 Å². The van der Waals surface area contributed by atoms with Gasteiger partial charge in [-0.25, -0.2) is 4.98 Å². The van der Waals surface area contributed by atoms with Gasteiger partial charge in [0.15, 0.2) is 0 Å². The van der Waals surface area contributed by atoms with Crippen molar-refractivity contribution in [2.75, 3.05) is 13.2 Å². The third-order valence-corrected chi connectivity index (χ3v) is 6.72. The Labute approximate surface area is 173 Å². The van der Waals surface area contributed by atoms with Gasteiger partial charge in [0.2, 0.25) is 0 Å². The Hall–Kier alpha value is -2.29. The lowest BCUT2D eigenvalue weighted by atomic mass is 9.68. The zero-order valence-electron chi connectivity index (χ0n) is 17.3. The molecular formula is C24H30N4O. The molecule has 152 valence electrons. The smallest absolute Gasteiger partial charge is 0.143 e. The van der Waals surface area contributed by atoms with Crippen molar-refractivity contribution in [3.8, 4) is 6.07 Å². The minimum Gasteiger partial charge on any atom is -0.375 e. The van der Waals surface area contributed by atoms with Gasteiger partial charge >= 0.3 is 0 Å². The summed E-state index contributed by atoms with van der Waals surface area (Å²) in [6.07, 6.45) is 11.8. The first-order valence-electron chi connectivity index (χ1n) is 10.8. The normalized spacial score (nSPS) is 23.2. The number of nitrogens with one attached hydrogen (secondary N) is 1. The van der Waals surface area contributed by atoms with E-state index < -0.39 is 0 Å². The molecule has 1 unspecified atom stereocenters. The van der Waals surface area contributed by atoms with Crippen molar-refractivity contribution in [1.29, 1.82) is 5.26 Å². The number of aromatic nitrogens is 2. The predicted molar refractivity (Wildman–Crippen MR) is 112 cm³/mol. The van der Waals surface area contributed by atoms with E-state index in [4.69, 9.17) is 15.0 Å². The van der Waals surface area contributed by atoms with E-state index in [1.807, 2.05) is 19.2 Å². The highest BCUT2D eigenvalue weighted by atomic mass is 16.5. The maximum Gasteiger partial charge on any atom is 0.143 e. The number of ether oxygens (including phenoxy) is 1. The molecule has 2 aromatic heterocycles. The summed E-state index contributed by atoms with van der Waals surface area (Å²) >= 11 is 0. The fourth-order valence-electron chi connectivity index (χ4n) is 5.20. The average Bonchev–Trinajstić information content (AvgIpc) is 3.19. The maximum absolute atomic E-state index is 9.05. The van der Waals surface area contributed by atoms with Crippen molar-refractivity contribution in [1.82, 2.24) is 15.3 Å². The van der Waals surface area contributed by atoms with Gasteiger partial charge in [0.05, 0.1) is 5.60 Å². The Morgan fingerprint density at radius 1 is 1.21 bits per heavy atom. The molecule has 0 radical (unpaired) electrons. The Morgan fingerprint density at radius 2 is 2.07 bits per heavy atom. The van der Waals surface area contributed by atoms with Gasteiger partial charge in [0.1, 0.15) is 11.8 Å². The molecule has 1 aliphatic carbocycles. The molecule has 29 heavy (non-hydrogen) atoms. The molecule has 0 bridgehead atoms. The summed E-state index contributed by atoms with van der Waals surface area (Å²) in [7, 11) is 0. The van der Waals surface area contributed by atoms with Gasteiger partial charge in [0, 0.05) is 36.7 Å². The van der Waals surface area contributed by atoms with Crippen LogP contribution in [0.15, 0.2) is 36.7 Å². The average molecular weight is 391 g/mol. The maximum atomic E-state index is 9.05. The Bertz CT molecular complexity index is 870. The summed E-state index contributed by atoms with van der Waals surface area (Å²) in [6.45, 7) is 4.45. The molecule has 1 N–H and O–H groups in total. The molecule has 1 spiro atoms. The quantitative estimate of drug-likeness (QED) is 0.749. The van der Waals surface area contributed by atoms with Crippen LogP contribution in [0.2, 0.25) is 0 Å². The second-order valence-electron chi connectivity index (χ2n) is 8.71. The molecule has 2 fully saturated rings. The van der Waals surface area contributed by atoms with Crippen molar-refractivity contribution < 1.29 is 4.74 Å². The zero-order valence-corrected chi connectivity index (χ0v) is 17.3. The van der Waals surface area contributed by atoms with Crippen LogP contribution >= 0.6 is 0 Å². The third kappa shape index (κ3) is 4.34. The number of nitrogens with zero attached hydrogens (tertiary/aromatic N) is 3. The molecule has 5 nitrogen and oxygen atoms in total. The highest BCUT2D eigenvalue weighted by molar-refractivity contribution is 5.32. The van der Waals surface area contributed by atoms with Crippen molar-refractivity contribution >= 4 is 0 Å². The van der Waals surface area contributed by atoms with E-state index in [9.17, 15) is 0 Å². The predicted octanol–water partition coefficient (Wildman–Crippen LogP) is 4.20. The lowest BCUT2D eigenvalue weighted by Gasteiger charge is -2.46. The Balaban J connectivity index is 1.44. The van der Waals surface area contributed by atoms with Crippen LogP contribution in [-0.2, 0) is 16.7 Å². The fraction of sp³-hybridized carbons (Fsp3) is 0.542. The number of rotatable bonds is 6. The van der Waals surface area contributed by atoms with E-state index >= 15 is 0 Å². The molecule has 1 aliphatic heterocycles. The van der Waals surface area contributed by atoms with Crippen LogP contribution in [0.5, 0.6) is 0 Å². The summed E-state index contributed by atoms with van der Waals surface area (Å²) in [5.74, 6) is 0. The summed E-state index contributed by atoms with van der Waals surface area (Å²) in [5, 5.41) is 12.6. The lowest BCUT2D eigenvalue weighted by molar-refractivity contribution is -0.104. The first-order valence-corrected chi connectivity index (χ1v) is 10.8. The number of pyridine rings is 2. The van der Waals surface area contributed by atoms with Gasteiger partial charge in [0.25, 0.3) is 0 Å². The highest BCUT2D eigenvalue weighted by Crippen LogP contribution is 2.49. The zero-order chi connectivity index (χ0) is 20.2. The van der Waals surface area contributed by atoms with Crippen molar-refractivity contribution in [2.45, 2.75) is 69.4 Å². The first kappa shape index (κ1) is 20.0. The van der Waals surface area contributed by atoms with E-state index in [0.29, 0.717) is 5.69 Å². The Morgan fingerprint density at radius 3 is 2.79 bits per heavy atom. The van der Waals surface area contributed by atoms with Crippen molar-refractivity contribution in [3.63, 3.8) is 0 Å². The molecule has 1 atom stereocenters. The van der Waals surface area contributed by atoms with Gasteiger partial charge < -0.3 is 10.1 Å². The molecule has 2 aromatic rings. The highest BCUT2D eigenvalue weighted by Gasteiger charge is 2.48. The van der Waals surface area contributed by atoms with Crippen LogP contribution in [0.4, 0.5) is 0 Å². The number of aryl methyl sites for hydroxylation is 1. The lowest BCUT2D eigenvalue weighted by Crippen LogP contribution is -2.47. The van der Waals surface area contributed by atoms with Crippen LogP contribution in [0.25, 0.3) is 0 Å². The van der Waals surface area contributed by atoms with Crippen LogP contribution in [-0.4, -0.2) is 28.7 Å². The summed E-state index contributed by atoms with van der Waals surface area (Å²) in [6, 6.07) is 10.5. The van der Waals surface area contributed by atoms with Gasteiger partial charge in [-0.2, -0.15) is 5.26 Å². The molecule has 2 aliphatic rings. The van der Waals surface area contributed by atoms with E-state index in [-0.39, 0.29) is 11.0 Å². The van der Waals surface area contributed by atoms with Crippen LogP contribution in [0.1, 0.15) is 67.5 Å². The van der Waals surface area contributed by atoms with Gasteiger partial charge in [-0.3, -0.25) is 4.98 Å². The fourth-order valence-corrected chi connectivity index (χ4v) is 5.20. The molecular weight excluding hydrogens is 360 g/mol. The third-order valence-electron chi connectivity index (χ3n) is 6.72. The van der Waals surface area contributed by atoms with Gasteiger partial charge in [-0.05, 0) is 68.8 Å². The summed E-state index contributed by atoms with van der Waals surface area (Å²) in [5.41, 5.74) is 3.91. The minimum atomic E-state index is 0.0595. The molecule has 1 saturated carbocycles. The van der Waals surface area contributed by atoms with Crippen molar-refractivity contribution in [2.24, 2.45) is 0 Å². The second-order valence-corrected chi connectivity index (χ2v) is 8.71. The summed E-state index contributed by atoms with van der Waals surface area (Å²) < 4.78 is 6.33. The first-order chi connectivity index (χ1) is 14.1. The van der Waals surface area contributed by atoms with Crippen LogP contribution < -0.4 is 5.32 Å². The summed E-state index contributed by atoms with van der Waals surface area (Å²) in [4.78, 5) is 9.02. The van der Waals surface area contributed by atoms with Crippen LogP contribution in [0, 0.1) is 18.3 Å². The molecule has 3 heterocycles. The molecule has 0 amide bonds. The number of nitriles is 1. The van der Waals surface area contributed by atoms with E-state index in [2.05, 4.69) is 34.6 Å². The van der Waals surface area contributed by atoms with Crippen LogP contribution in [0.3, 0.4) is 0 Å². The molecule has 4 rings (SSSR count). The number of hydrogen-bond acceptors (Lipinski definition) is 5. The number of hydrogen-bond donors (Lipinski definition) is 1. The second kappa shape index (κ2) is 8.61. The molecule has 0 aromatic carbocycles. The SMILES string of the molecule is Cc1cc(CNCCC2(c3ccccn3)CCOC3(CCCC3)C2)cnc1C#N. The van der Waals surface area contributed by atoms with E-state index in [0.717, 1.165) is 50.1 Å². The molecule has 1 saturated heterocycles. The monoisotopic (exact) mass is 390 g/mol. The minimum absolute atomic E-state index is 0.0595. The van der Waals surface area contributed by atoms with Gasteiger partial charge in [-0.1, -0.05) is 25.0 Å². The topological polar surface area (TPSA) is 70.8 Å². The van der Waals surface area contributed by atoms with Crippen molar-refractivity contribution in [3.05, 3.63) is 59.2 Å². The standard InChI is InChI=1S/C24H30N4O/c1-19-14-20(17-28-21(19)15-25)16-26-12-9-23(22-6-2-5-11-27-22)10-13-29-24(18-23)7-3-4-8-24/h2,5-6,11,14,17,26H,3-4,7-10,12-13,16,18H2,1H3. The largest absolute Gasteiger partial charge is 0.375 e.